The number of allylic oxidation sites excluding steroid dienone is 1. The van der Waals surface area contributed by atoms with Crippen molar-refractivity contribution in [2.24, 2.45) is 38.2 Å². The van der Waals surface area contributed by atoms with Crippen molar-refractivity contribution in [1.82, 2.24) is 4.90 Å². The second kappa shape index (κ2) is 28.6. The molecule has 0 radical (unpaired) electrons. The van der Waals surface area contributed by atoms with Crippen LogP contribution in [0.15, 0.2) is 92.5 Å². The molecule has 0 saturated carbocycles. The van der Waals surface area contributed by atoms with Crippen LogP contribution in [0.5, 0.6) is 0 Å². The van der Waals surface area contributed by atoms with Crippen LogP contribution in [0.25, 0.3) is 0 Å². The molecule has 62 heavy (non-hydrogen) atoms. The summed E-state index contributed by atoms with van der Waals surface area (Å²) in [7, 11) is 1.58. The fourth-order valence-corrected chi connectivity index (χ4v) is 7.22. The van der Waals surface area contributed by atoms with E-state index in [1.807, 2.05) is 29.2 Å². The Morgan fingerprint density at radius 3 is 2.26 bits per heavy atom. The lowest BCUT2D eigenvalue weighted by Crippen LogP contribution is -2.40. The number of esters is 2. The first-order valence-corrected chi connectivity index (χ1v) is 22.4. The van der Waals surface area contributed by atoms with Gasteiger partial charge in [0.15, 0.2) is 0 Å². The molecule has 3 aliphatic rings. The van der Waals surface area contributed by atoms with Gasteiger partial charge in [0.05, 0.1) is 32.3 Å². The maximum atomic E-state index is 11.9. The Morgan fingerprint density at radius 2 is 1.65 bits per heavy atom. The van der Waals surface area contributed by atoms with Gasteiger partial charge in [0, 0.05) is 49.4 Å². The fraction of sp³-hybridized carbons (Fsp3) is 0.674. The van der Waals surface area contributed by atoms with Gasteiger partial charge in [-0.2, -0.15) is 15.5 Å². The summed E-state index contributed by atoms with van der Waals surface area (Å²) >= 11 is 0. The molecular formula is C46H69N7O9. The maximum absolute atomic E-state index is 11.9. The van der Waals surface area contributed by atoms with Crippen LogP contribution >= 0.6 is 0 Å². The van der Waals surface area contributed by atoms with Crippen LogP contribution in [0, 0.1) is 39.2 Å². The normalized spacial score (nSPS) is 23.5. The van der Waals surface area contributed by atoms with Gasteiger partial charge in [-0.05, 0) is 49.0 Å². The monoisotopic (exact) mass is 864 g/mol. The second-order valence-electron chi connectivity index (χ2n) is 15.8. The highest BCUT2D eigenvalue weighted by Gasteiger charge is 2.34. The van der Waals surface area contributed by atoms with Crippen molar-refractivity contribution < 1.29 is 38.2 Å². The molecule has 16 heteroatoms. The molecule has 0 N–H and O–H groups in total. The summed E-state index contributed by atoms with van der Waals surface area (Å²) in [6, 6.07) is -0.194. The minimum absolute atomic E-state index is 0.0563. The van der Waals surface area contributed by atoms with E-state index >= 15 is 0 Å². The maximum Gasteiger partial charge on any atom is 0.330 e. The molecule has 0 aromatic carbocycles. The molecule has 0 aromatic rings. The van der Waals surface area contributed by atoms with E-state index in [-0.39, 0.29) is 43.0 Å². The van der Waals surface area contributed by atoms with E-state index in [9.17, 15) is 25.0 Å². The van der Waals surface area contributed by atoms with E-state index in [1.165, 1.54) is 6.08 Å². The first kappa shape index (κ1) is 51.3. The summed E-state index contributed by atoms with van der Waals surface area (Å²) in [5.41, 5.74) is 0.981. The van der Waals surface area contributed by atoms with Gasteiger partial charge in [0.25, 0.3) is 0 Å². The Morgan fingerprint density at radius 1 is 0.968 bits per heavy atom. The molecular weight excluding hydrogens is 795 g/mol. The van der Waals surface area contributed by atoms with Gasteiger partial charge in [-0.1, -0.05) is 91.9 Å². The third kappa shape index (κ3) is 17.0. The van der Waals surface area contributed by atoms with Gasteiger partial charge in [-0.15, -0.1) is 10.2 Å². The molecule has 0 saturated heterocycles. The molecule has 342 valence electrons. The smallest absolute Gasteiger partial charge is 0.330 e. The standard InChI is InChI=1S/C46H69N7O9/c1-8-14-16-33(10-3)31-61-43-29-41(51-49-39-21-18-36(27-42(39)58-7)52(22-24-59-45(54)12-5)23-25-60-46(55)13-6)44(62-32-34(11-4)17-15-9-2)28-40(43)50-48-38-20-19-37(53(56)57)26-35(38)30-47/h12,18-21,28-29,33-38,40,43H,5,8-11,13-17,22-27,31-32H2,1-4,6-7H3/b50-48+,51-49+. The zero-order valence-electron chi connectivity index (χ0n) is 37.7. The number of ether oxygens (including phenoxy) is 5. The quantitative estimate of drug-likeness (QED) is 0.0173. The Balaban J connectivity index is 2.00. The third-order valence-corrected chi connectivity index (χ3v) is 11.4. The number of azo groups is 2. The van der Waals surface area contributed by atoms with Gasteiger partial charge in [0.2, 0.25) is 6.04 Å². The zero-order chi connectivity index (χ0) is 45.3. The fourth-order valence-electron chi connectivity index (χ4n) is 7.22. The Labute approximate surface area is 368 Å². The molecule has 8 unspecified atom stereocenters. The Bertz CT molecular complexity index is 1720. The van der Waals surface area contributed by atoms with Crippen LogP contribution in [0.2, 0.25) is 0 Å². The van der Waals surface area contributed by atoms with E-state index in [1.54, 1.807) is 20.1 Å². The van der Waals surface area contributed by atoms with Crippen molar-refractivity contribution in [3.63, 3.8) is 0 Å². The molecule has 0 heterocycles. The number of hydrogen-bond donors (Lipinski definition) is 0. The van der Waals surface area contributed by atoms with E-state index < -0.39 is 36.1 Å². The summed E-state index contributed by atoms with van der Waals surface area (Å²) in [6.45, 7) is 15.9. The number of carbonyl (C=O) groups is 2. The molecule has 0 aliphatic heterocycles. The molecule has 0 spiro atoms. The molecule has 0 fully saturated rings. The average Bonchev–Trinajstić information content (AvgIpc) is 3.29. The number of nitro groups is 1. The van der Waals surface area contributed by atoms with Crippen LogP contribution in [0.3, 0.4) is 0 Å². The minimum Gasteiger partial charge on any atom is -0.499 e. The highest BCUT2D eigenvalue weighted by Crippen LogP contribution is 2.32. The van der Waals surface area contributed by atoms with E-state index in [4.69, 9.17) is 39.0 Å². The van der Waals surface area contributed by atoms with Crippen molar-refractivity contribution in [2.45, 2.75) is 136 Å². The summed E-state index contributed by atoms with van der Waals surface area (Å²) in [4.78, 5) is 36.8. The first-order chi connectivity index (χ1) is 30.0. The Hall–Kier alpha value is -5.01. The molecule has 0 amide bonds. The van der Waals surface area contributed by atoms with Crippen LogP contribution in [0.4, 0.5) is 0 Å². The van der Waals surface area contributed by atoms with E-state index in [2.05, 4.69) is 45.5 Å². The highest BCUT2D eigenvalue weighted by molar-refractivity contribution is 5.81. The SMILES string of the molecule is C=CC(=O)OCCN(CCOC(=O)CC)C1C=CC(/N=N/C2=CC(OCC(CC)CCCC)C(/N=N/C3C=CC([N+](=O)[O-])CC3C#N)C=C2OCC(CC)CCCC)=C(OC)C1. The van der Waals surface area contributed by atoms with Crippen LogP contribution in [-0.2, 0) is 33.3 Å². The summed E-state index contributed by atoms with van der Waals surface area (Å²) in [6.07, 6.45) is 20.2. The Kier molecular flexibility index (Phi) is 23.7. The van der Waals surface area contributed by atoms with Crippen LogP contribution in [-0.4, -0.2) is 98.7 Å². The van der Waals surface area contributed by atoms with Crippen molar-refractivity contribution in [3.8, 4) is 6.07 Å². The number of nitriles is 1. The number of carbonyl (C=O) groups excluding carboxylic acids is 2. The lowest BCUT2D eigenvalue weighted by molar-refractivity contribution is -0.511. The molecule has 8 atom stereocenters. The second-order valence-corrected chi connectivity index (χ2v) is 15.8. The van der Waals surface area contributed by atoms with Crippen molar-refractivity contribution >= 4 is 11.9 Å². The van der Waals surface area contributed by atoms with Crippen LogP contribution in [0.1, 0.15) is 105 Å². The number of hydrogen-bond acceptors (Lipinski definition) is 15. The van der Waals surface area contributed by atoms with Gasteiger partial charge in [-0.25, -0.2) is 4.79 Å². The molecule has 3 rings (SSSR count). The zero-order valence-corrected chi connectivity index (χ0v) is 37.7. The molecule has 0 bridgehead atoms. The topological polar surface area (TPSA) is 200 Å². The summed E-state index contributed by atoms with van der Waals surface area (Å²) < 4.78 is 29.7. The van der Waals surface area contributed by atoms with E-state index in [0.717, 1.165) is 57.4 Å². The summed E-state index contributed by atoms with van der Waals surface area (Å²) in [5.74, 6) is 0.204. The van der Waals surface area contributed by atoms with Crippen molar-refractivity contribution in [3.05, 3.63) is 82.1 Å². The first-order valence-electron chi connectivity index (χ1n) is 22.4. The van der Waals surface area contributed by atoms with E-state index in [0.29, 0.717) is 67.5 Å². The van der Waals surface area contributed by atoms with Crippen LogP contribution < -0.4 is 0 Å². The van der Waals surface area contributed by atoms with Crippen molar-refractivity contribution in [1.29, 1.82) is 5.26 Å². The van der Waals surface area contributed by atoms with Gasteiger partial charge < -0.3 is 23.7 Å². The number of unbranched alkanes of at least 4 members (excludes halogenated alkanes) is 2. The average molecular weight is 864 g/mol. The summed E-state index contributed by atoms with van der Waals surface area (Å²) in [5, 5.41) is 40.1. The number of rotatable bonds is 29. The van der Waals surface area contributed by atoms with Gasteiger partial charge in [-0.3, -0.25) is 19.8 Å². The number of methoxy groups -OCH3 is 1. The predicted octanol–water partition coefficient (Wildman–Crippen LogP) is 9.16. The lowest BCUT2D eigenvalue weighted by Gasteiger charge is -2.31. The van der Waals surface area contributed by atoms with Gasteiger partial charge >= 0.3 is 11.9 Å². The molecule has 16 nitrogen and oxygen atoms in total. The largest absolute Gasteiger partial charge is 0.499 e. The predicted molar refractivity (Wildman–Crippen MR) is 235 cm³/mol. The highest BCUT2D eigenvalue weighted by atomic mass is 16.6. The van der Waals surface area contributed by atoms with Gasteiger partial charge in [0.1, 0.15) is 54.3 Å². The third-order valence-electron chi connectivity index (χ3n) is 11.4. The molecule has 3 aliphatic carbocycles. The van der Waals surface area contributed by atoms with Crippen molar-refractivity contribution in [2.75, 3.05) is 46.6 Å². The minimum atomic E-state index is -0.940. The molecule has 0 aromatic heterocycles. The number of nitrogens with zero attached hydrogens (tertiary/aromatic N) is 7. The lowest BCUT2D eigenvalue weighted by atomic mass is 9.88.